The number of hydrogen-bond acceptors (Lipinski definition) is 5. The third-order valence-corrected chi connectivity index (χ3v) is 4.44. The minimum absolute atomic E-state index is 0.0279. The first-order chi connectivity index (χ1) is 10.8. The summed E-state index contributed by atoms with van der Waals surface area (Å²) in [5.74, 6) is 2.27. The summed E-state index contributed by atoms with van der Waals surface area (Å²) in [6.07, 6.45) is 2.27. The number of benzene rings is 1. The highest BCUT2D eigenvalue weighted by atomic mass is 16.7. The molecule has 2 fully saturated rings. The summed E-state index contributed by atoms with van der Waals surface area (Å²) in [4.78, 5) is 2.45. The fourth-order valence-corrected chi connectivity index (χ4v) is 3.31. The highest BCUT2D eigenvalue weighted by molar-refractivity contribution is 5.43. The number of hydrogen-bond donors (Lipinski definition) is 0. The quantitative estimate of drug-likeness (QED) is 0.803. The lowest BCUT2D eigenvalue weighted by Crippen LogP contribution is -2.31. The fraction of sp³-hybridized carbons (Fsp3) is 0.647. The molecule has 2 heterocycles. The van der Waals surface area contributed by atoms with Crippen LogP contribution in [0.15, 0.2) is 18.2 Å². The zero-order valence-corrected chi connectivity index (χ0v) is 13.4. The Balaban J connectivity index is 1.53. The molecule has 0 saturated carbocycles. The Morgan fingerprint density at radius 3 is 2.64 bits per heavy atom. The van der Waals surface area contributed by atoms with Gasteiger partial charge in [0.25, 0.3) is 0 Å². The monoisotopic (exact) mass is 307 g/mol. The molecule has 22 heavy (non-hydrogen) atoms. The Labute approximate surface area is 132 Å². The first-order valence-electron chi connectivity index (χ1n) is 7.95. The highest BCUT2D eigenvalue weighted by Gasteiger charge is 2.27. The molecule has 1 atom stereocenters. The van der Waals surface area contributed by atoms with Gasteiger partial charge in [0.05, 0.1) is 27.4 Å². The molecule has 1 aromatic rings. The van der Waals surface area contributed by atoms with Crippen LogP contribution in [0.2, 0.25) is 0 Å². The molecule has 0 aromatic heterocycles. The first kappa shape index (κ1) is 15.6. The van der Waals surface area contributed by atoms with Gasteiger partial charge in [0.15, 0.2) is 17.8 Å². The molecule has 2 aliphatic heterocycles. The highest BCUT2D eigenvalue weighted by Crippen LogP contribution is 2.30. The van der Waals surface area contributed by atoms with E-state index in [1.165, 1.54) is 12.0 Å². The number of ether oxygens (including phenoxy) is 4. The molecule has 3 rings (SSSR count). The van der Waals surface area contributed by atoms with E-state index in [1.54, 1.807) is 14.2 Å². The fourth-order valence-electron chi connectivity index (χ4n) is 3.31. The third-order valence-electron chi connectivity index (χ3n) is 4.44. The predicted octanol–water partition coefficient (Wildman–Crippen LogP) is 1.94. The maximum atomic E-state index is 5.53. The Kier molecular flexibility index (Phi) is 5.18. The molecule has 2 saturated heterocycles. The van der Waals surface area contributed by atoms with Crippen molar-refractivity contribution >= 4 is 0 Å². The molecule has 0 bridgehead atoms. The Morgan fingerprint density at radius 2 is 1.91 bits per heavy atom. The van der Waals surface area contributed by atoms with Gasteiger partial charge in [-0.05, 0) is 43.0 Å². The molecule has 0 spiro atoms. The van der Waals surface area contributed by atoms with Crippen molar-refractivity contribution in [1.29, 1.82) is 0 Å². The van der Waals surface area contributed by atoms with E-state index in [0.29, 0.717) is 5.92 Å². The molecular weight excluding hydrogens is 282 g/mol. The first-order valence-corrected chi connectivity index (χ1v) is 7.95. The number of rotatable bonds is 6. The number of methoxy groups -OCH3 is 2. The Bertz CT molecular complexity index is 488. The molecule has 0 amide bonds. The van der Waals surface area contributed by atoms with Gasteiger partial charge >= 0.3 is 0 Å². The largest absolute Gasteiger partial charge is 0.493 e. The van der Waals surface area contributed by atoms with Crippen molar-refractivity contribution in [3.05, 3.63) is 23.8 Å². The standard InChI is InChI=1S/C17H25NO4/c1-19-15-4-3-13(10-16(15)20-2)9-14-5-6-18(11-14)12-17-21-7-8-22-17/h3-4,10,14,17H,5-9,11-12H2,1-2H3. The van der Waals surface area contributed by atoms with E-state index in [4.69, 9.17) is 18.9 Å². The van der Waals surface area contributed by atoms with Gasteiger partial charge in [0, 0.05) is 13.1 Å². The topological polar surface area (TPSA) is 40.2 Å². The number of nitrogens with zero attached hydrogens (tertiary/aromatic N) is 1. The summed E-state index contributed by atoms with van der Waals surface area (Å²) in [6, 6.07) is 6.21. The summed E-state index contributed by atoms with van der Waals surface area (Å²) in [5.41, 5.74) is 1.30. The molecular formula is C17H25NO4. The van der Waals surface area contributed by atoms with Crippen LogP contribution < -0.4 is 9.47 Å². The molecule has 2 aliphatic rings. The van der Waals surface area contributed by atoms with Gasteiger partial charge in [-0.1, -0.05) is 6.07 Å². The third kappa shape index (κ3) is 3.72. The van der Waals surface area contributed by atoms with Gasteiger partial charge in [-0.3, -0.25) is 4.90 Å². The van der Waals surface area contributed by atoms with Crippen LogP contribution >= 0.6 is 0 Å². The van der Waals surface area contributed by atoms with E-state index in [2.05, 4.69) is 17.0 Å². The van der Waals surface area contributed by atoms with Gasteiger partial charge in [-0.15, -0.1) is 0 Å². The van der Waals surface area contributed by atoms with Crippen LogP contribution in [0.4, 0.5) is 0 Å². The molecule has 5 heteroatoms. The smallest absolute Gasteiger partial charge is 0.170 e. The van der Waals surface area contributed by atoms with Crippen molar-refractivity contribution in [3.63, 3.8) is 0 Å². The number of likely N-dealkylation sites (tertiary alicyclic amines) is 1. The van der Waals surface area contributed by atoms with Crippen LogP contribution in [0, 0.1) is 5.92 Å². The summed E-state index contributed by atoms with van der Waals surface area (Å²) in [7, 11) is 3.35. The van der Waals surface area contributed by atoms with Gasteiger partial charge in [0.2, 0.25) is 0 Å². The molecule has 0 aliphatic carbocycles. The second kappa shape index (κ2) is 7.31. The van der Waals surface area contributed by atoms with Crippen LogP contribution in [0.25, 0.3) is 0 Å². The van der Waals surface area contributed by atoms with Crippen molar-refractivity contribution in [2.45, 2.75) is 19.1 Å². The second-order valence-electron chi connectivity index (χ2n) is 5.98. The lowest BCUT2D eigenvalue weighted by atomic mass is 9.98. The minimum atomic E-state index is -0.0279. The average Bonchev–Trinajstić information content (AvgIpc) is 3.20. The maximum Gasteiger partial charge on any atom is 0.170 e. The zero-order chi connectivity index (χ0) is 15.4. The maximum absolute atomic E-state index is 5.53. The SMILES string of the molecule is COc1ccc(CC2CCN(CC3OCCO3)C2)cc1OC. The average molecular weight is 307 g/mol. The molecule has 5 nitrogen and oxygen atoms in total. The van der Waals surface area contributed by atoms with Crippen LogP contribution in [0.3, 0.4) is 0 Å². The van der Waals surface area contributed by atoms with Gasteiger partial charge < -0.3 is 18.9 Å². The normalized spacial score (nSPS) is 23.1. The molecule has 122 valence electrons. The molecule has 0 N–H and O–H groups in total. The van der Waals surface area contributed by atoms with E-state index in [9.17, 15) is 0 Å². The van der Waals surface area contributed by atoms with Gasteiger partial charge in [0.1, 0.15) is 0 Å². The van der Waals surface area contributed by atoms with Crippen LogP contribution in [0.5, 0.6) is 11.5 Å². The second-order valence-corrected chi connectivity index (χ2v) is 5.98. The molecule has 0 radical (unpaired) electrons. The summed E-state index contributed by atoms with van der Waals surface area (Å²) in [5, 5.41) is 0. The van der Waals surface area contributed by atoms with Crippen molar-refractivity contribution in [2.75, 3.05) is 47.1 Å². The summed E-state index contributed by atoms with van der Waals surface area (Å²) in [6.45, 7) is 4.59. The lowest BCUT2D eigenvalue weighted by Gasteiger charge is -2.19. The van der Waals surface area contributed by atoms with Crippen molar-refractivity contribution in [2.24, 2.45) is 5.92 Å². The summed E-state index contributed by atoms with van der Waals surface area (Å²) >= 11 is 0. The van der Waals surface area contributed by atoms with Gasteiger partial charge in [-0.2, -0.15) is 0 Å². The van der Waals surface area contributed by atoms with Crippen LogP contribution in [0.1, 0.15) is 12.0 Å². The van der Waals surface area contributed by atoms with Crippen molar-refractivity contribution < 1.29 is 18.9 Å². The lowest BCUT2D eigenvalue weighted by molar-refractivity contribution is -0.0590. The van der Waals surface area contributed by atoms with E-state index in [0.717, 1.165) is 50.8 Å². The van der Waals surface area contributed by atoms with Gasteiger partial charge in [-0.25, -0.2) is 0 Å². The van der Waals surface area contributed by atoms with Crippen molar-refractivity contribution in [3.8, 4) is 11.5 Å². The Hall–Kier alpha value is -1.30. The molecule has 1 aromatic carbocycles. The van der Waals surface area contributed by atoms with Crippen molar-refractivity contribution in [1.82, 2.24) is 4.90 Å². The summed E-state index contributed by atoms with van der Waals surface area (Å²) < 4.78 is 21.7. The van der Waals surface area contributed by atoms with E-state index in [-0.39, 0.29) is 6.29 Å². The van der Waals surface area contributed by atoms with E-state index >= 15 is 0 Å². The van der Waals surface area contributed by atoms with E-state index in [1.807, 2.05) is 6.07 Å². The van der Waals surface area contributed by atoms with E-state index < -0.39 is 0 Å². The zero-order valence-electron chi connectivity index (χ0n) is 13.4. The Morgan fingerprint density at radius 1 is 1.14 bits per heavy atom. The predicted molar refractivity (Wildman–Crippen MR) is 83.5 cm³/mol. The van der Waals surface area contributed by atoms with Crippen LogP contribution in [-0.2, 0) is 15.9 Å². The molecule has 1 unspecified atom stereocenters. The van der Waals surface area contributed by atoms with Crippen LogP contribution in [-0.4, -0.2) is 58.3 Å². The minimum Gasteiger partial charge on any atom is -0.493 e.